The van der Waals surface area contributed by atoms with Crippen molar-refractivity contribution >= 4 is 19.4 Å². The van der Waals surface area contributed by atoms with E-state index in [1.54, 1.807) is 4.46 Å². The number of benzene rings is 1. The molecule has 78 valence electrons. The van der Waals surface area contributed by atoms with Crippen LogP contribution >= 0.6 is 0 Å². The summed E-state index contributed by atoms with van der Waals surface area (Å²) < 4.78 is 1.61. The van der Waals surface area contributed by atoms with Gasteiger partial charge in [-0.05, 0) is 0 Å². The Kier molecular flexibility index (Phi) is 5.29. The molecule has 0 saturated heterocycles. The molecule has 0 aromatic heterocycles. The SMILES string of the molecule is CCCCC[Se]c1cccc(C)c1C. The molecule has 0 radical (unpaired) electrons. The van der Waals surface area contributed by atoms with Gasteiger partial charge in [-0.15, -0.1) is 0 Å². The van der Waals surface area contributed by atoms with Gasteiger partial charge in [0.15, 0.2) is 0 Å². The van der Waals surface area contributed by atoms with E-state index < -0.39 is 0 Å². The van der Waals surface area contributed by atoms with Gasteiger partial charge < -0.3 is 0 Å². The number of aryl methyl sites for hydroxylation is 1. The fraction of sp³-hybridized carbons (Fsp3) is 0.538. The summed E-state index contributed by atoms with van der Waals surface area (Å²) in [6.45, 7) is 6.73. The van der Waals surface area contributed by atoms with Crippen LogP contribution in [0.15, 0.2) is 18.2 Å². The molecule has 0 bridgehead atoms. The van der Waals surface area contributed by atoms with E-state index in [1.807, 2.05) is 0 Å². The van der Waals surface area contributed by atoms with Gasteiger partial charge in [-0.3, -0.25) is 0 Å². The third kappa shape index (κ3) is 3.47. The average Bonchev–Trinajstić information content (AvgIpc) is 2.19. The molecule has 1 rings (SSSR count). The number of hydrogen-bond acceptors (Lipinski definition) is 0. The van der Waals surface area contributed by atoms with Crippen LogP contribution in [0, 0.1) is 13.8 Å². The molecule has 0 heterocycles. The molecule has 0 atom stereocenters. The fourth-order valence-corrected chi connectivity index (χ4v) is 3.77. The van der Waals surface area contributed by atoms with Crippen LogP contribution < -0.4 is 4.46 Å². The Morgan fingerprint density at radius 1 is 1.14 bits per heavy atom. The Labute approximate surface area is 94.3 Å². The van der Waals surface area contributed by atoms with E-state index in [4.69, 9.17) is 0 Å². The molecule has 0 saturated carbocycles. The molecule has 0 N–H and O–H groups in total. The summed E-state index contributed by atoms with van der Waals surface area (Å²) in [5, 5.41) is 1.41. The zero-order chi connectivity index (χ0) is 10.4. The minimum atomic E-state index is 0.700. The second-order valence-electron chi connectivity index (χ2n) is 3.75. The Morgan fingerprint density at radius 3 is 2.64 bits per heavy atom. The Balaban J connectivity index is 2.46. The van der Waals surface area contributed by atoms with E-state index in [0.717, 1.165) is 0 Å². The first-order valence-electron chi connectivity index (χ1n) is 5.44. The van der Waals surface area contributed by atoms with Gasteiger partial charge >= 0.3 is 94.1 Å². The summed E-state index contributed by atoms with van der Waals surface area (Å²) in [4.78, 5) is 0. The predicted octanol–water partition coefficient (Wildman–Crippen LogP) is 3.24. The van der Waals surface area contributed by atoms with Crippen LogP contribution in [-0.4, -0.2) is 15.0 Å². The summed E-state index contributed by atoms with van der Waals surface area (Å²) in [6.07, 6.45) is 4.14. The van der Waals surface area contributed by atoms with Crippen molar-refractivity contribution in [3.63, 3.8) is 0 Å². The Morgan fingerprint density at radius 2 is 1.93 bits per heavy atom. The Hall–Kier alpha value is -0.261. The first-order valence-corrected chi connectivity index (χ1v) is 7.51. The summed E-state index contributed by atoms with van der Waals surface area (Å²) in [7, 11) is 0. The first kappa shape index (κ1) is 11.8. The van der Waals surface area contributed by atoms with Crippen LogP contribution in [0.2, 0.25) is 5.32 Å². The molecule has 1 aromatic rings. The van der Waals surface area contributed by atoms with Crippen molar-refractivity contribution in [2.24, 2.45) is 0 Å². The Bertz CT molecular complexity index is 279. The third-order valence-electron chi connectivity index (χ3n) is 2.56. The molecule has 14 heavy (non-hydrogen) atoms. The van der Waals surface area contributed by atoms with Crippen molar-refractivity contribution in [3.8, 4) is 0 Å². The molecule has 0 nitrogen and oxygen atoms in total. The predicted molar refractivity (Wildman–Crippen MR) is 65.6 cm³/mol. The maximum absolute atomic E-state index is 2.30. The van der Waals surface area contributed by atoms with Gasteiger partial charge in [0, 0.05) is 0 Å². The fourth-order valence-electron chi connectivity index (χ4n) is 1.41. The van der Waals surface area contributed by atoms with Gasteiger partial charge in [0.1, 0.15) is 0 Å². The van der Waals surface area contributed by atoms with Crippen molar-refractivity contribution in [1.29, 1.82) is 0 Å². The van der Waals surface area contributed by atoms with E-state index in [1.165, 1.54) is 35.7 Å². The van der Waals surface area contributed by atoms with Crippen molar-refractivity contribution in [3.05, 3.63) is 29.3 Å². The van der Waals surface area contributed by atoms with E-state index in [-0.39, 0.29) is 0 Å². The van der Waals surface area contributed by atoms with Crippen LogP contribution in [0.5, 0.6) is 0 Å². The molecule has 0 unspecified atom stereocenters. The van der Waals surface area contributed by atoms with Crippen LogP contribution in [0.25, 0.3) is 0 Å². The maximum atomic E-state index is 2.30. The molecular formula is C13H20Se. The molecule has 0 aliphatic heterocycles. The normalized spacial score (nSPS) is 10.5. The second-order valence-corrected chi connectivity index (χ2v) is 6.14. The number of rotatable bonds is 5. The topological polar surface area (TPSA) is 0 Å². The van der Waals surface area contributed by atoms with Gasteiger partial charge in [-0.1, -0.05) is 0 Å². The summed E-state index contributed by atoms with van der Waals surface area (Å²) in [6, 6.07) is 6.70. The van der Waals surface area contributed by atoms with Gasteiger partial charge in [0.2, 0.25) is 0 Å². The van der Waals surface area contributed by atoms with Crippen molar-refractivity contribution in [1.82, 2.24) is 0 Å². The summed E-state index contributed by atoms with van der Waals surface area (Å²) in [5.74, 6) is 0. The van der Waals surface area contributed by atoms with Crippen molar-refractivity contribution in [2.75, 3.05) is 0 Å². The number of hydrogen-bond donors (Lipinski definition) is 0. The summed E-state index contributed by atoms with van der Waals surface area (Å²) in [5.41, 5.74) is 2.96. The molecule has 1 aromatic carbocycles. The zero-order valence-corrected chi connectivity index (χ0v) is 11.2. The van der Waals surface area contributed by atoms with Gasteiger partial charge in [-0.2, -0.15) is 0 Å². The molecule has 0 aliphatic rings. The minimum absolute atomic E-state index is 0.700. The van der Waals surface area contributed by atoms with Crippen LogP contribution in [0.4, 0.5) is 0 Å². The van der Waals surface area contributed by atoms with Gasteiger partial charge in [0.05, 0.1) is 0 Å². The van der Waals surface area contributed by atoms with Crippen LogP contribution in [0.1, 0.15) is 37.3 Å². The summed E-state index contributed by atoms with van der Waals surface area (Å²) >= 11 is 0.700. The standard InChI is InChI=1S/C13H20Se/c1-4-5-6-10-14-13-9-7-8-11(2)12(13)3/h7-9H,4-6,10H2,1-3H3. The molecule has 1 heteroatoms. The van der Waals surface area contributed by atoms with E-state index in [0.29, 0.717) is 15.0 Å². The van der Waals surface area contributed by atoms with Gasteiger partial charge in [-0.25, -0.2) is 0 Å². The van der Waals surface area contributed by atoms with E-state index in [9.17, 15) is 0 Å². The van der Waals surface area contributed by atoms with Crippen molar-refractivity contribution < 1.29 is 0 Å². The molecule has 0 fully saturated rings. The quantitative estimate of drug-likeness (QED) is 0.559. The van der Waals surface area contributed by atoms with Gasteiger partial charge in [0.25, 0.3) is 0 Å². The molecule has 0 amide bonds. The van der Waals surface area contributed by atoms with Crippen molar-refractivity contribution in [2.45, 2.75) is 45.4 Å². The average molecular weight is 255 g/mol. The van der Waals surface area contributed by atoms with Crippen LogP contribution in [0.3, 0.4) is 0 Å². The molecule has 0 aliphatic carbocycles. The van der Waals surface area contributed by atoms with Crippen LogP contribution in [-0.2, 0) is 0 Å². The number of unbranched alkanes of at least 4 members (excludes halogenated alkanes) is 2. The monoisotopic (exact) mass is 256 g/mol. The zero-order valence-electron chi connectivity index (χ0n) is 9.47. The second kappa shape index (κ2) is 6.27. The molecular weight excluding hydrogens is 235 g/mol. The van der Waals surface area contributed by atoms with E-state index in [2.05, 4.69) is 39.0 Å². The van der Waals surface area contributed by atoms with E-state index >= 15 is 0 Å². The molecule has 0 spiro atoms. The third-order valence-corrected chi connectivity index (χ3v) is 5.17. The first-order chi connectivity index (χ1) is 6.75.